The fraction of sp³-hybridized carbons (Fsp3) is 0.304. The van der Waals surface area contributed by atoms with Crippen molar-refractivity contribution in [3.8, 4) is 0 Å². The van der Waals surface area contributed by atoms with Gasteiger partial charge in [0.2, 0.25) is 0 Å². The summed E-state index contributed by atoms with van der Waals surface area (Å²) in [4.78, 5) is 0. The van der Waals surface area contributed by atoms with Crippen LogP contribution >= 0.6 is 0 Å². The molecule has 0 saturated carbocycles. The van der Waals surface area contributed by atoms with E-state index >= 15 is 0 Å². The molecule has 0 amide bonds. The second-order valence-corrected chi connectivity index (χ2v) is 7.60. The summed E-state index contributed by atoms with van der Waals surface area (Å²) in [6.45, 7) is 6.80. The number of alkyl halides is 1. The monoisotopic (exact) mass is 335 g/mol. The first-order valence-corrected chi connectivity index (χ1v) is 8.85. The summed E-state index contributed by atoms with van der Waals surface area (Å²) < 4.78 is 13.6. The molecule has 0 heterocycles. The molecule has 3 rings (SSSR count). The molecule has 0 bridgehead atoms. The predicted octanol–water partition coefficient (Wildman–Crippen LogP) is 5.94. The van der Waals surface area contributed by atoms with Gasteiger partial charge in [-0.15, -0.1) is 0 Å². The summed E-state index contributed by atoms with van der Waals surface area (Å²) in [6.07, 6.45) is 0. The maximum Gasteiger partial charge on any atom is 0.109 e. The Balaban J connectivity index is 1.76. The molecule has 0 aliphatic carbocycles. The van der Waals surface area contributed by atoms with E-state index in [4.69, 9.17) is 0 Å². The lowest BCUT2D eigenvalue weighted by molar-refractivity contribution is 0.381. The summed E-state index contributed by atoms with van der Waals surface area (Å²) in [6, 6.07) is 22.6. The maximum absolute atomic E-state index is 13.6. The van der Waals surface area contributed by atoms with E-state index < -0.39 is 6.67 Å². The van der Waals surface area contributed by atoms with Crippen LogP contribution in [0.3, 0.4) is 0 Å². The molecule has 2 heteroatoms. The van der Waals surface area contributed by atoms with E-state index in [1.165, 1.54) is 21.9 Å². The van der Waals surface area contributed by atoms with Gasteiger partial charge >= 0.3 is 0 Å². The summed E-state index contributed by atoms with van der Waals surface area (Å²) in [5, 5.41) is 5.81. The lowest BCUT2D eigenvalue weighted by Gasteiger charge is -2.21. The van der Waals surface area contributed by atoms with Gasteiger partial charge in [-0.05, 0) is 32.9 Å². The van der Waals surface area contributed by atoms with E-state index in [0.29, 0.717) is 6.54 Å². The molecule has 3 aromatic rings. The third-order valence-corrected chi connectivity index (χ3v) is 4.75. The molecular weight excluding hydrogens is 309 g/mol. The first-order valence-electron chi connectivity index (χ1n) is 8.85. The van der Waals surface area contributed by atoms with E-state index in [2.05, 4.69) is 68.6 Å². The average molecular weight is 335 g/mol. The van der Waals surface area contributed by atoms with Crippen molar-refractivity contribution >= 4 is 10.8 Å². The Morgan fingerprint density at radius 3 is 2.24 bits per heavy atom. The van der Waals surface area contributed by atoms with Gasteiger partial charge < -0.3 is 5.32 Å². The number of rotatable bonds is 5. The predicted molar refractivity (Wildman–Crippen MR) is 105 cm³/mol. The van der Waals surface area contributed by atoms with Crippen LogP contribution in [-0.4, -0.2) is 6.67 Å². The highest BCUT2D eigenvalue weighted by Gasteiger charge is 2.16. The third kappa shape index (κ3) is 4.08. The minimum absolute atomic E-state index is 0.111. The van der Waals surface area contributed by atoms with E-state index in [-0.39, 0.29) is 11.5 Å². The minimum atomic E-state index is -0.417. The van der Waals surface area contributed by atoms with Gasteiger partial charge in [-0.3, -0.25) is 0 Å². The Hall–Kier alpha value is -2.19. The average Bonchev–Trinajstić information content (AvgIpc) is 2.62. The van der Waals surface area contributed by atoms with Gasteiger partial charge in [-0.2, -0.15) is 0 Å². The highest BCUT2D eigenvalue weighted by molar-refractivity contribution is 5.85. The van der Waals surface area contributed by atoms with Crippen LogP contribution in [0.4, 0.5) is 4.39 Å². The minimum Gasteiger partial charge on any atom is -0.304 e. The van der Waals surface area contributed by atoms with Gasteiger partial charge in [0.15, 0.2) is 0 Å². The highest BCUT2D eigenvalue weighted by Crippen LogP contribution is 2.25. The van der Waals surface area contributed by atoms with Gasteiger partial charge in [0.1, 0.15) is 6.67 Å². The van der Waals surface area contributed by atoms with Crippen molar-refractivity contribution < 1.29 is 4.39 Å². The quantitative estimate of drug-likeness (QED) is 0.608. The summed E-state index contributed by atoms with van der Waals surface area (Å²) >= 11 is 0. The topological polar surface area (TPSA) is 12.0 Å². The third-order valence-electron chi connectivity index (χ3n) is 4.75. The fourth-order valence-corrected chi connectivity index (χ4v) is 3.16. The molecule has 1 nitrogen and oxygen atoms in total. The largest absolute Gasteiger partial charge is 0.304 e. The number of hydrogen-bond donors (Lipinski definition) is 1. The Morgan fingerprint density at radius 2 is 1.56 bits per heavy atom. The van der Waals surface area contributed by atoms with Gasteiger partial charge in [0.25, 0.3) is 0 Å². The van der Waals surface area contributed by atoms with Crippen molar-refractivity contribution in [3.05, 3.63) is 83.4 Å². The zero-order chi connectivity index (χ0) is 17.9. The van der Waals surface area contributed by atoms with Gasteiger partial charge in [0.05, 0.1) is 6.04 Å². The number of fused-ring (bicyclic) bond motifs is 1. The molecular formula is C23H26FN. The van der Waals surface area contributed by atoms with Crippen LogP contribution in [0.5, 0.6) is 0 Å². The first kappa shape index (κ1) is 17.6. The van der Waals surface area contributed by atoms with Crippen LogP contribution in [0.15, 0.2) is 66.7 Å². The van der Waals surface area contributed by atoms with Crippen molar-refractivity contribution in [2.75, 3.05) is 6.67 Å². The van der Waals surface area contributed by atoms with Crippen LogP contribution in [0.25, 0.3) is 10.8 Å². The molecule has 25 heavy (non-hydrogen) atoms. The Labute approximate surface area is 149 Å². The Kier molecular flexibility index (Phi) is 5.19. The molecule has 0 unspecified atom stereocenters. The maximum atomic E-state index is 13.6. The van der Waals surface area contributed by atoms with Gasteiger partial charge in [-0.1, -0.05) is 87.5 Å². The van der Waals surface area contributed by atoms with Crippen LogP contribution in [-0.2, 0) is 12.0 Å². The second-order valence-electron chi connectivity index (χ2n) is 7.60. The molecule has 0 fully saturated rings. The van der Waals surface area contributed by atoms with Crippen molar-refractivity contribution in [1.29, 1.82) is 0 Å². The van der Waals surface area contributed by atoms with Gasteiger partial charge in [0, 0.05) is 6.54 Å². The van der Waals surface area contributed by atoms with E-state index in [1.54, 1.807) is 0 Å². The second kappa shape index (κ2) is 7.37. The molecule has 0 radical (unpaired) electrons. The lowest BCUT2D eigenvalue weighted by Crippen LogP contribution is -2.23. The van der Waals surface area contributed by atoms with Crippen molar-refractivity contribution in [2.45, 2.75) is 38.8 Å². The fourth-order valence-electron chi connectivity index (χ4n) is 3.16. The van der Waals surface area contributed by atoms with Crippen LogP contribution < -0.4 is 5.32 Å². The van der Waals surface area contributed by atoms with E-state index in [9.17, 15) is 4.39 Å². The van der Waals surface area contributed by atoms with E-state index in [1.807, 2.05) is 24.3 Å². The molecule has 0 saturated heterocycles. The summed E-state index contributed by atoms with van der Waals surface area (Å²) in [5.74, 6) is 0. The molecule has 1 atom stereocenters. The molecule has 0 spiro atoms. The molecule has 0 aliphatic rings. The molecule has 0 aliphatic heterocycles. The van der Waals surface area contributed by atoms with Crippen LogP contribution in [0.1, 0.15) is 43.5 Å². The molecule has 1 N–H and O–H groups in total. The van der Waals surface area contributed by atoms with Crippen molar-refractivity contribution in [1.82, 2.24) is 5.32 Å². The number of halogens is 1. The smallest absolute Gasteiger partial charge is 0.109 e. The first-order chi connectivity index (χ1) is 12.0. The van der Waals surface area contributed by atoms with Crippen molar-refractivity contribution in [3.63, 3.8) is 0 Å². The molecule has 130 valence electrons. The number of benzene rings is 3. The molecule has 3 aromatic carbocycles. The lowest BCUT2D eigenvalue weighted by atomic mass is 9.86. The van der Waals surface area contributed by atoms with E-state index in [0.717, 1.165) is 5.56 Å². The number of nitrogens with one attached hydrogen (secondary N) is 1. The normalized spacial score (nSPS) is 13.1. The van der Waals surface area contributed by atoms with Crippen LogP contribution in [0, 0.1) is 0 Å². The highest BCUT2D eigenvalue weighted by atomic mass is 19.1. The SMILES string of the molecule is CC(C)(C)c1ccc([C@H](CF)NCc2cccc3ccccc23)cc1. The Morgan fingerprint density at radius 1 is 0.880 bits per heavy atom. The summed E-state index contributed by atoms with van der Waals surface area (Å²) in [5.41, 5.74) is 3.57. The summed E-state index contributed by atoms with van der Waals surface area (Å²) in [7, 11) is 0. The zero-order valence-corrected chi connectivity index (χ0v) is 15.2. The number of hydrogen-bond acceptors (Lipinski definition) is 1. The Bertz CT molecular complexity index is 825. The zero-order valence-electron chi connectivity index (χ0n) is 15.2. The van der Waals surface area contributed by atoms with Gasteiger partial charge in [-0.25, -0.2) is 4.39 Å². The van der Waals surface area contributed by atoms with Crippen LogP contribution in [0.2, 0.25) is 0 Å². The molecule has 0 aromatic heterocycles. The standard InChI is InChI=1S/C23H26FN/c1-23(2,3)20-13-11-18(12-14-20)22(15-24)25-16-19-9-6-8-17-7-4-5-10-21(17)19/h4-14,22,25H,15-16H2,1-3H3/t22-/m0/s1. The van der Waals surface area contributed by atoms with Crippen molar-refractivity contribution in [2.24, 2.45) is 0 Å².